The first-order valence-corrected chi connectivity index (χ1v) is 4.18. The molecule has 0 aliphatic heterocycles. The molecule has 4 nitrogen and oxygen atoms in total. The Hall–Kier alpha value is -2.15. The van der Waals surface area contributed by atoms with Crippen molar-refractivity contribution in [2.45, 2.75) is 6.92 Å². The highest BCUT2D eigenvalue weighted by Crippen LogP contribution is 2.07. The van der Waals surface area contributed by atoms with Crippen molar-refractivity contribution < 1.29 is 0 Å². The molecule has 0 aromatic carbocycles. The molecule has 2 rings (SSSR count). The Morgan fingerprint density at radius 2 is 2.21 bits per heavy atom. The average Bonchev–Trinajstić information content (AvgIpc) is 2.65. The van der Waals surface area contributed by atoms with E-state index in [-0.39, 0.29) is 0 Å². The second kappa shape index (κ2) is 3.30. The van der Waals surface area contributed by atoms with Gasteiger partial charge in [0.1, 0.15) is 17.7 Å². The maximum absolute atomic E-state index is 8.60. The third-order valence-corrected chi connectivity index (χ3v) is 1.95. The normalized spacial score (nSPS) is 9.71. The van der Waals surface area contributed by atoms with Crippen LogP contribution in [0.25, 0.3) is 5.82 Å². The number of nitriles is 1. The molecule has 0 aliphatic carbocycles. The van der Waals surface area contributed by atoms with E-state index in [1.807, 2.05) is 23.8 Å². The smallest absolute Gasteiger partial charge is 0.138 e. The molecule has 0 aliphatic rings. The summed E-state index contributed by atoms with van der Waals surface area (Å²) in [6.07, 6.45) is 5.10. The van der Waals surface area contributed by atoms with Crippen LogP contribution in [0.2, 0.25) is 0 Å². The van der Waals surface area contributed by atoms with Crippen LogP contribution in [-0.4, -0.2) is 14.5 Å². The van der Waals surface area contributed by atoms with E-state index in [1.54, 1.807) is 24.5 Å². The first-order valence-electron chi connectivity index (χ1n) is 4.18. The summed E-state index contributed by atoms with van der Waals surface area (Å²) in [4.78, 5) is 8.25. The third kappa shape index (κ3) is 1.36. The Kier molecular flexibility index (Phi) is 1.99. The number of aryl methyl sites for hydroxylation is 1. The van der Waals surface area contributed by atoms with Gasteiger partial charge in [0.25, 0.3) is 0 Å². The lowest BCUT2D eigenvalue weighted by Gasteiger charge is -2.02. The van der Waals surface area contributed by atoms with Crippen molar-refractivity contribution in [3.05, 3.63) is 42.1 Å². The molecule has 14 heavy (non-hydrogen) atoms. The van der Waals surface area contributed by atoms with E-state index >= 15 is 0 Å². The maximum Gasteiger partial charge on any atom is 0.138 e. The summed E-state index contributed by atoms with van der Waals surface area (Å²) < 4.78 is 1.86. The van der Waals surface area contributed by atoms with Crippen molar-refractivity contribution in [2.75, 3.05) is 0 Å². The Labute approximate surface area is 81.5 Å². The molecule has 68 valence electrons. The van der Waals surface area contributed by atoms with Crippen LogP contribution in [0, 0.1) is 18.3 Å². The number of nitrogens with zero attached hydrogens (tertiary/aromatic N) is 4. The van der Waals surface area contributed by atoms with Gasteiger partial charge in [-0.15, -0.1) is 0 Å². The van der Waals surface area contributed by atoms with Crippen molar-refractivity contribution in [1.82, 2.24) is 14.5 Å². The van der Waals surface area contributed by atoms with Crippen LogP contribution < -0.4 is 0 Å². The summed E-state index contributed by atoms with van der Waals surface area (Å²) in [5.41, 5.74) is 0.562. The molecule has 0 radical (unpaired) electrons. The SMILES string of the molecule is Cc1nccn1-c1ccc(C#N)cn1. The lowest BCUT2D eigenvalue weighted by molar-refractivity contribution is 0.932. The van der Waals surface area contributed by atoms with Crippen LogP contribution in [0.5, 0.6) is 0 Å². The van der Waals surface area contributed by atoms with Crippen LogP contribution in [0.15, 0.2) is 30.7 Å². The second-order valence-electron chi connectivity index (χ2n) is 2.86. The van der Waals surface area contributed by atoms with Gasteiger partial charge in [-0.1, -0.05) is 0 Å². The third-order valence-electron chi connectivity index (χ3n) is 1.95. The number of hydrogen-bond acceptors (Lipinski definition) is 3. The molecule has 0 N–H and O–H groups in total. The molecular weight excluding hydrogens is 176 g/mol. The van der Waals surface area contributed by atoms with Gasteiger partial charge in [0.05, 0.1) is 5.56 Å². The summed E-state index contributed by atoms with van der Waals surface area (Å²) >= 11 is 0. The highest BCUT2D eigenvalue weighted by molar-refractivity contribution is 5.32. The van der Waals surface area contributed by atoms with Crippen molar-refractivity contribution >= 4 is 0 Å². The van der Waals surface area contributed by atoms with Crippen LogP contribution >= 0.6 is 0 Å². The Bertz CT molecular complexity index is 476. The molecule has 0 unspecified atom stereocenters. The van der Waals surface area contributed by atoms with Crippen LogP contribution in [0.1, 0.15) is 11.4 Å². The molecule has 0 saturated heterocycles. The van der Waals surface area contributed by atoms with E-state index in [0.29, 0.717) is 5.56 Å². The highest BCUT2D eigenvalue weighted by Gasteiger charge is 2.00. The van der Waals surface area contributed by atoms with Crippen LogP contribution in [-0.2, 0) is 0 Å². The number of pyridine rings is 1. The van der Waals surface area contributed by atoms with E-state index in [1.165, 1.54) is 0 Å². The van der Waals surface area contributed by atoms with Gasteiger partial charge < -0.3 is 0 Å². The number of aromatic nitrogens is 3. The van der Waals surface area contributed by atoms with Gasteiger partial charge in [-0.05, 0) is 19.1 Å². The zero-order chi connectivity index (χ0) is 9.97. The molecular formula is C10H8N4. The summed E-state index contributed by atoms with van der Waals surface area (Å²) in [6, 6.07) is 5.56. The van der Waals surface area contributed by atoms with Gasteiger partial charge in [-0.3, -0.25) is 4.57 Å². The molecule has 2 heterocycles. The summed E-state index contributed by atoms with van der Waals surface area (Å²) in [5, 5.41) is 8.60. The van der Waals surface area contributed by atoms with Crippen LogP contribution in [0.3, 0.4) is 0 Å². The monoisotopic (exact) mass is 184 g/mol. The van der Waals surface area contributed by atoms with Gasteiger partial charge in [-0.25, -0.2) is 9.97 Å². The fourth-order valence-electron chi connectivity index (χ4n) is 1.21. The standard InChI is InChI=1S/C10H8N4/c1-8-12-4-5-14(8)10-3-2-9(6-11)7-13-10/h2-5,7H,1H3. The van der Waals surface area contributed by atoms with Crippen molar-refractivity contribution in [3.8, 4) is 11.9 Å². The van der Waals surface area contributed by atoms with E-state index in [4.69, 9.17) is 5.26 Å². The summed E-state index contributed by atoms with van der Waals surface area (Å²) in [6.45, 7) is 1.90. The van der Waals surface area contributed by atoms with E-state index in [9.17, 15) is 0 Å². The first kappa shape index (κ1) is 8.45. The first-order chi connectivity index (χ1) is 6.81. The van der Waals surface area contributed by atoms with Gasteiger partial charge >= 0.3 is 0 Å². The molecule has 0 saturated carbocycles. The van der Waals surface area contributed by atoms with Crippen molar-refractivity contribution in [3.63, 3.8) is 0 Å². The van der Waals surface area contributed by atoms with Crippen LogP contribution in [0.4, 0.5) is 0 Å². The fourth-order valence-corrected chi connectivity index (χ4v) is 1.21. The highest BCUT2D eigenvalue weighted by atomic mass is 15.1. The Morgan fingerprint density at radius 3 is 2.71 bits per heavy atom. The van der Waals surface area contributed by atoms with Gasteiger partial charge in [0.15, 0.2) is 0 Å². The summed E-state index contributed by atoms with van der Waals surface area (Å²) in [7, 11) is 0. The van der Waals surface area contributed by atoms with Gasteiger partial charge in [-0.2, -0.15) is 5.26 Å². The molecule has 2 aromatic rings. The number of rotatable bonds is 1. The molecule has 4 heteroatoms. The lowest BCUT2D eigenvalue weighted by atomic mass is 10.3. The lowest BCUT2D eigenvalue weighted by Crippen LogP contribution is -1.98. The molecule has 0 spiro atoms. The van der Waals surface area contributed by atoms with Crippen molar-refractivity contribution in [1.29, 1.82) is 5.26 Å². The number of hydrogen-bond donors (Lipinski definition) is 0. The van der Waals surface area contributed by atoms with Gasteiger partial charge in [0.2, 0.25) is 0 Å². The minimum absolute atomic E-state index is 0.562. The molecule has 0 bridgehead atoms. The topological polar surface area (TPSA) is 54.5 Å². The predicted molar refractivity (Wildman–Crippen MR) is 50.8 cm³/mol. The van der Waals surface area contributed by atoms with Gasteiger partial charge in [0, 0.05) is 18.6 Å². The molecule has 0 atom stereocenters. The Balaban J connectivity index is 2.45. The van der Waals surface area contributed by atoms with Crippen molar-refractivity contribution in [2.24, 2.45) is 0 Å². The predicted octanol–water partition coefficient (Wildman–Crippen LogP) is 1.45. The second-order valence-corrected chi connectivity index (χ2v) is 2.86. The van der Waals surface area contributed by atoms with E-state index in [2.05, 4.69) is 9.97 Å². The minimum Gasteiger partial charge on any atom is -0.288 e. The molecule has 0 amide bonds. The molecule has 2 aromatic heterocycles. The quantitative estimate of drug-likeness (QED) is 0.674. The average molecular weight is 184 g/mol. The molecule has 0 fully saturated rings. The zero-order valence-electron chi connectivity index (χ0n) is 7.68. The zero-order valence-corrected chi connectivity index (χ0v) is 7.68. The fraction of sp³-hybridized carbons (Fsp3) is 0.100. The minimum atomic E-state index is 0.562. The van der Waals surface area contributed by atoms with E-state index < -0.39 is 0 Å². The number of imidazole rings is 1. The Morgan fingerprint density at radius 1 is 1.36 bits per heavy atom. The van der Waals surface area contributed by atoms with E-state index in [0.717, 1.165) is 11.6 Å². The summed E-state index contributed by atoms with van der Waals surface area (Å²) in [5.74, 6) is 1.65. The largest absolute Gasteiger partial charge is 0.288 e. The maximum atomic E-state index is 8.60.